The number of nitrogen functional groups attached to an aromatic ring is 1. The number of unbranched alkanes of at least 4 members (excludes halogenated alkanes) is 1. The van der Waals surface area contributed by atoms with Crippen LogP contribution in [0.25, 0.3) is 0 Å². The van der Waals surface area contributed by atoms with E-state index in [4.69, 9.17) is 10.5 Å². The summed E-state index contributed by atoms with van der Waals surface area (Å²) in [6, 6.07) is 5.69. The number of carbonyl (C=O) groups is 1. The van der Waals surface area contributed by atoms with Crippen LogP contribution in [0.1, 0.15) is 26.2 Å². The molecule has 0 bridgehead atoms. The van der Waals surface area contributed by atoms with Crippen LogP contribution in [-0.2, 0) is 9.53 Å². The lowest BCUT2D eigenvalue weighted by atomic mass is 10.2. The molecule has 0 saturated heterocycles. The molecule has 1 atom stereocenters. The standard InChI is InChI=1S/C13H18BrNO2S/c1-3-4-5-12(13(16)17-2)18-11-7-6-9(14)8-10(11)15/h6-8,12H,3-5,15H2,1-2H3. The summed E-state index contributed by atoms with van der Waals surface area (Å²) >= 11 is 4.84. The van der Waals surface area contributed by atoms with E-state index in [1.807, 2.05) is 18.2 Å². The van der Waals surface area contributed by atoms with Crippen LogP contribution >= 0.6 is 27.7 Å². The van der Waals surface area contributed by atoms with Gasteiger partial charge in [0.2, 0.25) is 0 Å². The number of esters is 1. The Labute approximate surface area is 121 Å². The van der Waals surface area contributed by atoms with E-state index in [9.17, 15) is 4.79 Å². The van der Waals surface area contributed by atoms with Crippen molar-refractivity contribution in [1.29, 1.82) is 0 Å². The SMILES string of the molecule is CCCCC(Sc1ccc(Br)cc1N)C(=O)OC. The van der Waals surface area contributed by atoms with Crippen LogP contribution in [0.5, 0.6) is 0 Å². The molecular weight excluding hydrogens is 314 g/mol. The van der Waals surface area contributed by atoms with Gasteiger partial charge in [-0.2, -0.15) is 0 Å². The minimum atomic E-state index is -0.184. The van der Waals surface area contributed by atoms with Crippen molar-refractivity contribution in [3.05, 3.63) is 22.7 Å². The van der Waals surface area contributed by atoms with Gasteiger partial charge in [-0.1, -0.05) is 35.7 Å². The van der Waals surface area contributed by atoms with Crippen molar-refractivity contribution >= 4 is 39.3 Å². The minimum absolute atomic E-state index is 0.182. The van der Waals surface area contributed by atoms with Gasteiger partial charge in [0.15, 0.2) is 0 Å². The van der Waals surface area contributed by atoms with Gasteiger partial charge in [0.05, 0.1) is 7.11 Å². The fourth-order valence-corrected chi connectivity index (χ4v) is 3.03. The van der Waals surface area contributed by atoms with Crippen molar-refractivity contribution in [2.24, 2.45) is 0 Å². The van der Waals surface area contributed by atoms with Crippen LogP contribution in [0.2, 0.25) is 0 Å². The molecule has 18 heavy (non-hydrogen) atoms. The zero-order valence-corrected chi connectivity index (χ0v) is 13.0. The summed E-state index contributed by atoms with van der Waals surface area (Å²) < 4.78 is 5.77. The Bertz CT molecular complexity index is 412. The second kappa shape index (κ2) is 7.69. The Morgan fingerprint density at radius 3 is 2.83 bits per heavy atom. The zero-order valence-electron chi connectivity index (χ0n) is 10.6. The maximum atomic E-state index is 11.7. The van der Waals surface area contributed by atoms with Crippen LogP contribution in [-0.4, -0.2) is 18.3 Å². The molecule has 0 fully saturated rings. The Morgan fingerprint density at radius 1 is 1.56 bits per heavy atom. The molecule has 0 spiro atoms. The molecule has 2 N–H and O–H groups in total. The zero-order chi connectivity index (χ0) is 13.5. The van der Waals surface area contributed by atoms with E-state index in [-0.39, 0.29) is 11.2 Å². The van der Waals surface area contributed by atoms with E-state index >= 15 is 0 Å². The van der Waals surface area contributed by atoms with Crippen molar-refractivity contribution in [3.8, 4) is 0 Å². The molecule has 0 aliphatic rings. The average Bonchev–Trinajstić information content (AvgIpc) is 2.36. The first kappa shape index (κ1) is 15.4. The molecule has 0 radical (unpaired) electrons. The number of ether oxygens (including phenoxy) is 1. The van der Waals surface area contributed by atoms with Gasteiger partial charge >= 0.3 is 5.97 Å². The number of carbonyl (C=O) groups excluding carboxylic acids is 1. The Morgan fingerprint density at radius 2 is 2.28 bits per heavy atom. The number of hydrogen-bond acceptors (Lipinski definition) is 4. The molecule has 0 aliphatic heterocycles. The molecule has 0 saturated carbocycles. The molecule has 1 aromatic carbocycles. The van der Waals surface area contributed by atoms with Gasteiger partial charge < -0.3 is 10.5 Å². The highest BCUT2D eigenvalue weighted by atomic mass is 79.9. The van der Waals surface area contributed by atoms with E-state index < -0.39 is 0 Å². The van der Waals surface area contributed by atoms with Crippen molar-refractivity contribution < 1.29 is 9.53 Å². The Balaban J connectivity index is 2.78. The van der Waals surface area contributed by atoms with Crippen LogP contribution in [0.15, 0.2) is 27.6 Å². The van der Waals surface area contributed by atoms with Crippen LogP contribution < -0.4 is 5.73 Å². The number of rotatable bonds is 6. The molecule has 0 amide bonds. The highest BCUT2D eigenvalue weighted by Gasteiger charge is 2.20. The molecule has 3 nitrogen and oxygen atoms in total. The van der Waals surface area contributed by atoms with Gasteiger partial charge in [0, 0.05) is 15.1 Å². The second-order valence-electron chi connectivity index (χ2n) is 3.95. The molecule has 1 unspecified atom stereocenters. The first-order chi connectivity index (χ1) is 8.58. The predicted molar refractivity (Wildman–Crippen MR) is 79.7 cm³/mol. The fourth-order valence-electron chi connectivity index (χ4n) is 1.53. The van der Waals surface area contributed by atoms with Gasteiger partial charge in [-0.15, -0.1) is 11.8 Å². The number of nitrogens with two attached hydrogens (primary N) is 1. The van der Waals surface area contributed by atoms with E-state index in [0.717, 1.165) is 28.6 Å². The van der Waals surface area contributed by atoms with E-state index in [1.165, 1.54) is 18.9 Å². The summed E-state index contributed by atoms with van der Waals surface area (Å²) in [6.07, 6.45) is 2.87. The maximum absolute atomic E-state index is 11.7. The summed E-state index contributed by atoms with van der Waals surface area (Å²) in [5.74, 6) is -0.184. The summed E-state index contributed by atoms with van der Waals surface area (Å²) in [7, 11) is 1.42. The lowest BCUT2D eigenvalue weighted by molar-refractivity contribution is -0.140. The third-order valence-electron chi connectivity index (χ3n) is 2.53. The molecule has 1 rings (SSSR count). The van der Waals surface area contributed by atoms with Gasteiger partial charge in [-0.05, 0) is 24.6 Å². The minimum Gasteiger partial charge on any atom is -0.468 e. The monoisotopic (exact) mass is 331 g/mol. The fraction of sp³-hybridized carbons (Fsp3) is 0.462. The Hall–Kier alpha value is -0.680. The first-order valence-corrected chi connectivity index (χ1v) is 7.55. The number of anilines is 1. The lowest BCUT2D eigenvalue weighted by Crippen LogP contribution is -2.18. The topological polar surface area (TPSA) is 52.3 Å². The molecule has 5 heteroatoms. The molecule has 1 aromatic rings. The normalized spacial score (nSPS) is 12.2. The van der Waals surface area contributed by atoms with E-state index in [0.29, 0.717) is 5.69 Å². The van der Waals surface area contributed by atoms with E-state index in [1.54, 1.807) is 0 Å². The molecule has 0 aromatic heterocycles. The highest BCUT2D eigenvalue weighted by molar-refractivity contribution is 9.10. The van der Waals surface area contributed by atoms with Gasteiger partial charge in [0.25, 0.3) is 0 Å². The highest BCUT2D eigenvalue weighted by Crippen LogP contribution is 2.33. The van der Waals surface area contributed by atoms with Crippen molar-refractivity contribution in [2.75, 3.05) is 12.8 Å². The molecular formula is C13H18BrNO2S. The molecule has 0 aliphatic carbocycles. The number of halogens is 1. The predicted octanol–water partition coefficient (Wildman–Crippen LogP) is 3.86. The van der Waals surface area contributed by atoms with Crippen molar-refractivity contribution in [3.63, 3.8) is 0 Å². The van der Waals surface area contributed by atoms with Crippen LogP contribution in [0.4, 0.5) is 5.69 Å². The van der Waals surface area contributed by atoms with Crippen LogP contribution in [0, 0.1) is 0 Å². The van der Waals surface area contributed by atoms with Crippen LogP contribution in [0.3, 0.4) is 0 Å². The maximum Gasteiger partial charge on any atom is 0.319 e. The number of methoxy groups -OCH3 is 1. The van der Waals surface area contributed by atoms with Gasteiger partial charge in [-0.3, -0.25) is 4.79 Å². The summed E-state index contributed by atoms with van der Waals surface area (Å²) in [5.41, 5.74) is 6.62. The molecule has 100 valence electrons. The van der Waals surface area contributed by atoms with Gasteiger partial charge in [0.1, 0.15) is 5.25 Å². The smallest absolute Gasteiger partial charge is 0.319 e. The second-order valence-corrected chi connectivity index (χ2v) is 6.11. The number of thioether (sulfide) groups is 1. The third kappa shape index (κ3) is 4.53. The van der Waals surface area contributed by atoms with Gasteiger partial charge in [-0.25, -0.2) is 0 Å². The summed E-state index contributed by atoms with van der Waals surface area (Å²) in [5, 5.41) is -0.182. The van der Waals surface area contributed by atoms with Crippen molar-refractivity contribution in [2.45, 2.75) is 36.3 Å². The average molecular weight is 332 g/mol. The van der Waals surface area contributed by atoms with E-state index in [2.05, 4.69) is 22.9 Å². The lowest BCUT2D eigenvalue weighted by Gasteiger charge is -2.15. The third-order valence-corrected chi connectivity index (χ3v) is 4.36. The number of benzene rings is 1. The molecule has 0 heterocycles. The summed E-state index contributed by atoms with van der Waals surface area (Å²) in [6.45, 7) is 2.10. The van der Waals surface area contributed by atoms with Crippen molar-refractivity contribution in [1.82, 2.24) is 0 Å². The Kier molecular flexibility index (Phi) is 6.57. The first-order valence-electron chi connectivity index (χ1n) is 5.88. The number of hydrogen-bond donors (Lipinski definition) is 1. The quantitative estimate of drug-likeness (QED) is 0.488. The summed E-state index contributed by atoms with van der Waals surface area (Å²) in [4.78, 5) is 12.6. The largest absolute Gasteiger partial charge is 0.468 e.